The van der Waals surface area contributed by atoms with E-state index >= 15 is 0 Å². The number of hydrogen-bond acceptors (Lipinski definition) is 3. The van der Waals surface area contributed by atoms with Gasteiger partial charge in [-0.15, -0.1) is 0 Å². The Morgan fingerprint density at radius 2 is 1.64 bits per heavy atom. The molecule has 0 saturated carbocycles. The summed E-state index contributed by atoms with van der Waals surface area (Å²) in [4.78, 5) is 3.44. The highest BCUT2D eigenvalue weighted by Crippen LogP contribution is 2.27. The standard InChI is InChI=1S/C20H32N2O3/c1-15-12-22(13-16(2)25-15)18-7-9-21(10-8-18)14-17-5-6-19(23-3)20(11-17)24-4/h5-6,11,15-16,18H,7-10,12-14H2,1-4H3/p+2. The Hall–Kier alpha value is -1.30. The van der Waals surface area contributed by atoms with Crippen molar-refractivity contribution in [3.05, 3.63) is 23.8 Å². The van der Waals surface area contributed by atoms with Crippen molar-refractivity contribution in [2.24, 2.45) is 0 Å². The maximum Gasteiger partial charge on any atom is 0.161 e. The van der Waals surface area contributed by atoms with Gasteiger partial charge in [0.15, 0.2) is 11.5 Å². The molecule has 2 fully saturated rings. The zero-order valence-electron chi connectivity index (χ0n) is 16.1. The van der Waals surface area contributed by atoms with Gasteiger partial charge in [-0.3, -0.25) is 0 Å². The van der Waals surface area contributed by atoms with Crippen LogP contribution in [0.1, 0.15) is 32.3 Å². The third-order valence-corrected chi connectivity index (χ3v) is 5.74. The average molecular weight is 351 g/mol. The molecular formula is C20H34N2O3+2. The molecule has 25 heavy (non-hydrogen) atoms. The fraction of sp³-hybridized carbons (Fsp3) is 0.700. The summed E-state index contributed by atoms with van der Waals surface area (Å²) in [5.74, 6) is 1.63. The van der Waals surface area contributed by atoms with Crippen LogP contribution in [0.25, 0.3) is 0 Å². The van der Waals surface area contributed by atoms with Gasteiger partial charge in [-0.25, -0.2) is 0 Å². The fourth-order valence-corrected chi connectivity index (χ4v) is 4.54. The molecule has 1 aromatic rings. The molecule has 0 aromatic heterocycles. The zero-order chi connectivity index (χ0) is 17.8. The predicted molar refractivity (Wildman–Crippen MR) is 97.7 cm³/mol. The molecule has 2 heterocycles. The molecule has 2 aliphatic heterocycles. The molecule has 2 atom stereocenters. The molecule has 0 aliphatic carbocycles. The van der Waals surface area contributed by atoms with Crippen LogP contribution >= 0.6 is 0 Å². The predicted octanol–water partition coefficient (Wildman–Crippen LogP) is -0.0568. The quantitative estimate of drug-likeness (QED) is 0.781. The van der Waals surface area contributed by atoms with E-state index in [1.807, 2.05) is 6.07 Å². The van der Waals surface area contributed by atoms with Crippen molar-refractivity contribution in [2.75, 3.05) is 40.4 Å². The summed E-state index contributed by atoms with van der Waals surface area (Å²) in [6.07, 6.45) is 3.43. The second-order valence-electron chi connectivity index (χ2n) is 7.71. The molecule has 5 nitrogen and oxygen atoms in total. The summed E-state index contributed by atoms with van der Waals surface area (Å²) in [5.41, 5.74) is 1.33. The van der Waals surface area contributed by atoms with Crippen molar-refractivity contribution < 1.29 is 24.0 Å². The van der Waals surface area contributed by atoms with Gasteiger partial charge in [-0.1, -0.05) is 0 Å². The van der Waals surface area contributed by atoms with E-state index < -0.39 is 0 Å². The number of piperidine rings is 1. The Kier molecular flexibility index (Phi) is 6.20. The van der Waals surface area contributed by atoms with Crippen molar-refractivity contribution in [2.45, 2.75) is 51.5 Å². The highest BCUT2D eigenvalue weighted by atomic mass is 16.5. The number of benzene rings is 1. The summed E-state index contributed by atoms with van der Waals surface area (Å²) < 4.78 is 16.7. The monoisotopic (exact) mass is 350 g/mol. The number of hydrogen-bond donors (Lipinski definition) is 2. The lowest BCUT2D eigenvalue weighted by molar-refractivity contribution is -0.970. The van der Waals surface area contributed by atoms with Crippen LogP contribution < -0.4 is 19.3 Å². The summed E-state index contributed by atoms with van der Waals surface area (Å²) in [6, 6.07) is 7.11. The molecule has 2 saturated heterocycles. The minimum atomic E-state index is 0.399. The van der Waals surface area contributed by atoms with E-state index in [2.05, 4.69) is 26.0 Å². The van der Waals surface area contributed by atoms with Crippen molar-refractivity contribution in [3.63, 3.8) is 0 Å². The van der Waals surface area contributed by atoms with Crippen molar-refractivity contribution in [3.8, 4) is 11.5 Å². The first kappa shape index (κ1) is 18.5. The fourth-order valence-electron chi connectivity index (χ4n) is 4.54. The number of ether oxygens (including phenoxy) is 3. The summed E-state index contributed by atoms with van der Waals surface area (Å²) in [7, 11) is 3.39. The number of quaternary nitrogens is 2. The van der Waals surface area contributed by atoms with Crippen LogP contribution in [-0.4, -0.2) is 58.6 Å². The second-order valence-corrected chi connectivity index (χ2v) is 7.71. The molecule has 5 heteroatoms. The van der Waals surface area contributed by atoms with Gasteiger partial charge in [0.1, 0.15) is 31.8 Å². The third kappa shape index (κ3) is 4.66. The Morgan fingerprint density at radius 1 is 1.00 bits per heavy atom. The topological polar surface area (TPSA) is 36.6 Å². The number of rotatable bonds is 5. The largest absolute Gasteiger partial charge is 0.493 e. The van der Waals surface area contributed by atoms with Gasteiger partial charge in [-0.2, -0.15) is 0 Å². The molecule has 0 bridgehead atoms. The lowest BCUT2D eigenvalue weighted by atomic mass is 10.0. The van der Waals surface area contributed by atoms with E-state index in [0.717, 1.165) is 24.1 Å². The van der Waals surface area contributed by atoms with Crippen LogP contribution in [0, 0.1) is 0 Å². The zero-order valence-corrected chi connectivity index (χ0v) is 16.1. The van der Waals surface area contributed by atoms with Gasteiger partial charge in [0, 0.05) is 18.4 Å². The molecule has 2 unspecified atom stereocenters. The molecule has 0 amide bonds. The van der Waals surface area contributed by atoms with Crippen LogP contribution in [-0.2, 0) is 11.3 Å². The normalized spacial score (nSPS) is 33.0. The Bertz CT molecular complexity index is 548. The number of nitrogens with one attached hydrogen (secondary N) is 2. The molecule has 140 valence electrons. The van der Waals surface area contributed by atoms with Gasteiger partial charge >= 0.3 is 0 Å². The summed E-state index contributed by atoms with van der Waals surface area (Å²) in [6.45, 7) is 10.3. The van der Waals surface area contributed by atoms with Gasteiger partial charge in [-0.05, 0) is 32.0 Å². The van der Waals surface area contributed by atoms with Gasteiger partial charge < -0.3 is 24.0 Å². The van der Waals surface area contributed by atoms with E-state index in [9.17, 15) is 0 Å². The lowest BCUT2D eigenvalue weighted by Crippen LogP contribution is -3.22. The first-order valence-electron chi connectivity index (χ1n) is 9.63. The van der Waals surface area contributed by atoms with Gasteiger partial charge in [0.05, 0.1) is 33.4 Å². The molecule has 2 N–H and O–H groups in total. The minimum Gasteiger partial charge on any atom is -0.493 e. The van der Waals surface area contributed by atoms with Crippen molar-refractivity contribution in [1.82, 2.24) is 0 Å². The maximum atomic E-state index is 5.90. The Balaban J connectivity index is 1.52. The van der Waals surface area contributed by atoms with E-state index in [1.54, 1.807) is 24.0 Å². The van der Waals surface area contributed by atoms with Crippen LogP contribution in [0.2, 0.25) is 0 Å². The summed E-state index contributed by atoms with van der Waals surface area (Å²) in [5, 5.41) is 0. The molecule has 1 aromatic carbocycles. The number of methoxy groups -OCH3 is 2. The highest BCUT2D eigenvalue weighted by molar-refractivity contribution is 5.42. The Labute approximate surface area is 151 Å². The molecule has 2 aliphatic rings. The van der Waals surface area contributed by atoms with Crippen LogP contribution in [0.5, 0.6) is 11.5 Å². The molecular weight excluding hydrogens is 316 g/mol. The number of likely N-dealkylation sites (tertiary alicyclic amines) is 1. The van der Waals surface area contributed by atoms with Crippen LogP contribution in [0.4, 0.5) is 0 Å². The van der Waals surface area contributed by atoms with E-state index in [1.165, 1.54) is 44.6 Å². The summed E-state index contributed by atoms with van der Waals surface area (Å²) >= 11 is 0. The first-order valence-corrected chi connectivity index (χ1v) is 9.63. The first-order chi connectivity index (χ1) is 12.1. The van der Waals surface area contributed by atoms with Crippen LogP contribution in [0.3, 0.4) is 0 Å². The van der Waals surface area contributed by atoms with Gasteiger partial charge in [0.2, 0.25) is 0 Å². The lowest BCUT2D eigenvalue weighted by Gasteiger charge is -2.39. The maximum absolute atomic E-state index is 5.90. The molecule has 0 radical (unpaired) electrons. The van der Waals surface area contributed by atoms with E-state index in [0.29, 0.717) is 12.2 Å². The average Bonchev–Trinajstić information content (AvgIpc) is 2.61. The third-order valence-electron chi connectivity index (χ3n) is 5.74. The molecule has 0 spiro atoms. The van der Waals surface area contributed by atoms with Crippen LogP contribution in [0.15, 0.2) is 18.2 Å². The van der Waals surface area contributed by atoms with Crippen molar-refractivity contribution >= 4 is 0 Å². The smallest absolute Gasteiger partial charge is 0.161 e. The highest BCUT2D eigenvalue weighted by Gasteiger charge is 2.35. The van der Waals surface area contributed by atoms with E-state index in [-0.39, 0.29) is 0 Å². The second kappa shape index (κ2) is 8.39. The Morgan fingerprint density at radius 3 is 2.24 bits per heavy atom. The van der Waals surface area contributed by atoms with E-state index in [4.69, 9.17) is 14.2 Å². The SMILES string of the molecule is COc1ccc(C[NH+]2CCC([NH+]3CC(C)OC(C)C3)CC2)cc1OC. The van der Waals surface area contributed by atoms with Gasteiger partial charge in [0.25, 0.3) is 0 Å². The molecule has 3 rings (SSSR count). The van der Waals surface area contributed by atoms with Crippen molar-refractivity contribution in [1.29, 1.82) is 0 Å². The number of morpholine rings is 1. The minimum absolute atomic E-state index is 0.399.